The molecule has 162 valence electrons. The molecule has 0 aliphatic carbocycles. The van der Waals surface area contributed by atoms with Crippen molar-refractivity contribution in [3.63, 3.8) is 0 Å². The number of benzene rings is 3. The lowest BCUT2D eigenvalue weighted by molar-refractivity contribution is -0.116. The molecule has 4 nitrogen and oxygen atoms in total. The average molecular weight is 561 g/mol. The van der Waals surface area contributed by atoms with Crippen molar-refractivity contribution in [1.29, 1.82) is 0 Å². The first-order valence-electron chi connectivity index (χ1n) is 10.4. The zero-order valence-electron chi connectivity index (χ0n) is 17.5. The van der Waals surface area contributed by atoms with Gasteiger partial charge in [-0.2, -0.15) is 0 Å². The number of aromatic nitrogens is 2. The van der Waals surface area contributed by atoms with Crippen LogP contribution in [0.3, 0.4) is 0 Å². The predicted molar refractivity (Wildman–Crippen MR) is 139 cm³/mol. The molecule has 0 aliphatic heterocycles. The Morgan fingerprint density at radius 1 is 0.818 bits per heavy atom. The third-order valence-corrected chi connectivity index (χ3v) is 6.47. The van der Waals surface area contributed by atoms with Crippen molar-refractivity contribution in [3.05, 3.63) is 123 Å². The van der Waals surface area contributed by atoms with Crippen LogP contribution in [0.5, 0.6) is 0 Å². The number of fused-ring (bicyclic) bond motifs is 1. The number of anilines is 1. The molecule has 5 aromatic rings. The van der Waals surface area contributed by atoms with Crippen molar-refractivity contribution in [2.45, 2.75) is 5.92 Å². The molecule has 0 aliphatic rings. The topological polar surface area (TPSA) is 46.4 Å². The smallest absolute Gasteiger partial charge is 0.236 e. The van der Waals surface area contributed by atoms with Gasteiger partial charge in [0.15, 0.2) is 5.65 Å². The first-order valence-corrected chi connectivity index (χ1v) is 12.0. The van der Waals surface area contributed by atoms with E-state index in [1.807, 2.05) is 108 Å². The highest BCUT2D eigenvalue weighted by molar-refractivity contribution is 9.11. The van der Waals surface area contributed by atoms with Gasteiger partial charge in [0.25, 0.3) is 0 Å². The Labute approximate surface area is 208 Å². The van der Waals surface area contributed by atoms with E-state index in [4.69, 9.17) is 4.98 Å². The van der Waals surface area contributed by atoms with Gasteiger partial charge in [0.05, 0.1) is 16.1 Å². The molecule has 6 heteroatoms. The highest BCUT2D eigenvalue weighted by Gasteiger charge is 2.22. The zero-order valence-corrected chi connectivity index (χ0v) is 20.6. The normalized spacial score (nSPS) is 11.1. The van der Waals surface area contributed by atoms with Gasteiger partial charge in [-0.05, 0) is 61.2 Å². The van der Waals surface area contributed by atoms with Crippen LogP contribution in [-0.4, -0.2) is 15.3 Å². The number of halogens is 2. The summed E-state index contributed by atoms with van der Waals surface area (Å²) in [5.41, 5.74) is 5.34. The van der Waals surface area contributed by atoms with Gasteiger partial charge in [0, 0.05) is 28.1 Å². The quantitative estimate of drug-likeness (QED) is 0.245. The van der Waals surface area contributed by atoms with Crippen LogP contribution in [0.4, 0.5) is 5.69 Å². The second-order valence-corrected chi connectivity index (χ2v) is 9.45. The summed E-state index contributed by atoms with van der Waals surface area (Å²) < 4.78 is 3.86. The summed E-state index contributed by atoms with van der Waals surface area (Å²) in [7, 11) is 0. The van der Waals surface area contributed by atoms with Gasteiger partial charge in [-0.25, -0.2) is 4.98 Å². The Morgan fingerprint density at radius 3 is 2.03 bits per heavy atom. The molecule has 1 amide bonds. The summed E-state index contributed by atoms with van der Waals surface area (Å²) >= 11 is 7.07. The summed E-state index contributed by atoms with van der Waals surface area (Å²) in [6.07, 6.45) is 3.96. The van der Waals surface area contributed by atoms with Gasteiger partial charge in [-0.1, -0.05) is 72.8 Å². The van der Waals surface area contributed by atoms with Gasteiger partial charge in [0.1, 0.15) is 0 Å². The molecule has 3 aromatic carbocycles. The molecule has 0 radical (unpaired) electrons. The molecule has 0 saturated carbocycles. The predicted octanol–water partition coefficient (Wildman–Crippen LogP) is 7.30. The van der Waals surface area contributed by atoms with E-state index in [0.717, 1.165) is 42.7 Å². The Kier molecular flexibility index (Phi) is 6.11. The van der Waals surface area contributed by atoms with E-state index in [2.05, 4.69) is 37.2 Å². The van der Waals surface area contributed by atoms with Gasteiger partial charge < -0.3 is 9.72 Å². The van der Waals surface area contributed by atoms with E-state index in [1.54, 1.807) is 0 Å². The third-order valence-electron chi connectivity index (χ3n) is 5.45. The number of imidazole rings is 1. The second-order valence-electron chi connectivity index (χ2n) is 7.68. The Balaban J connectivity index is 1.40. The van der Waals surface area contributed by atoms with Gasteiger partial charge in [-0.3, -0.25) is 4.79 Å². The monoisotopic (exact) mass is 559 g/mol. The van der Waals surface area contributed by atoms with E-state index in [0.29, 0.717) is 0 Å². The number of nitrogens with one attached hydrogen (secondary N) is 1. The number of hydrogen-bond donors (Lipinski definition) is 1. The molecule has 0 spiro atoms. The second kappa shape index (κ2) is 9.33. The maximum atomic E-state index is 13.3. The SMILES string of the molecule is O=C(Nc1ccc(-c2cn3cc(Br)cc(Br)c3n2)cc1)C(c1ccccc1)c1ccccc1. The maximum Gasteiger partial charge on any atom is 0.236 e. The number of nitrogens with zero attached hydrogens (tertiary/aromatic N) is 2. The molecular formula is C27H19Br2N3O. The van der Waals surface area contributed by atoms with Gasteiger partial charge in [0.2, 0.25) is 5.91 Å². The molecule has 2 aromatic heterocycles. The van der Waals surface area contributed by atoms with E-state index >= 15 is 0 Å². The molecule has 0 atom stereocenters. The molecule has 0 unspecified atom stereocenters. The largest absolute Gasteiger partial charge is 0.325 e. The first-order chi connectivity index (χ1) is 16.1. The van der Waals surface area contributed by atoms with Crippen molar-refractivity contribution < 1.29 is 4.79 Å². The molecular weight excluding hydrogens is 542 g/mol. The Hall–Kier alpha value is -3.22. The van der Waals surface area contributed by atoms with E-state index in [9.17, 15) is 4.79 Å². The minimum Gasteiger partial charge on any atom is -0.325 e. The van der Waals surface area contributed by atoms with Crippen molar-refractivity contribution in [2.75, 3.05) is 5.32 Å². The lowest BCUT2D eigenvalue weighted by Gasteiger charge is -2.18. The Morgan fingerprint density at radius 2 is 1.42 bits per heavy atom. The highest BCUT2D eigenvalue weighted by atomic mass is 79.9. The average Bonchev–Trinajstić information content (AvgIpc) is 3.26. The number of carbonyl (C=O) groups excluding carboxylic acids is 1. The molecule has 2 heterocycles. The van der Waals surface area contributed by atoms with Crippen molar-refractivity contribution in [2.24, 2.45) is 0 Å². The number of pyridine rings is 1. The van der Waals surface area contributed by atoms with Crippen molar-refractivity contribution in [3.8, 4) is 11.3 Å². The molecule has 5 rings (SSSR count). The number of hydrogen-bond acceptors (Lipinski definition) is 2. The minimum atomic E-state index is -0.388. The van der Waals surface area contributed by atoms with Crippen LogP contribution in [0.15, 0.2) is 112 Å². The van der Waals surface area contributed by atoms with Crippen LogP contribution in [-0.2, 0) is 4.79 Å². The fraction of sp³-hybridized carbons (Fsp3) is 0.0370. The summed E-state index contributed by atoms with van der Waals surface area (Å²) in [6.45, 7) is 0. The van der Waals surface area contributed by atoms with Crippen LogP contribution >= 0.6 is 31.9 Å². The van der Waals surface area contributed by atoms with Crippen molar-refractivity contribution in [1.82, 2.24) is 9.38 Å². The third kappa shape index (κ3) is 4.63. The van der Waals surface area contributed by atoms with Gasteiger partial charge in [-0.15, -0.1) is 0 Å². The highest BCUT2D eigenvalue weighted by Crippen LogP contribution is 2.29. The van der Waals surface area contributed by atoms with Crippen LogP contribution in [0.2, 0.25) is 0 Å². The zero-order chi connectivity index (χ0) is 22.8. The molecule has 0 bridgehead atoms. The number of rotatable bonds is 5. The summed E-state index contributed by atoms with van der Waals surface area (Å²) in [5.74, 6) is -0.456. The molecule has 33 heavy (non-hydrogen) atoms. The standard InChI is InChI=1S/C27H19Br2N3O/c28-21-15-23(29)26-31-24(17-32(26)16-21)18-11-13-22(14-12-18)30-27(33)25(19-7-3-1-4-8-19)20-9-5-2-6-10-20/h1-17,25H,(H,30,33). The summed E-state index contributed by atoms with van der Waals surface area (Å²) in [6, 6.07) is 29.4. The van der Waals surface area contributed by atoms with Crippen molar-refractivity contribution >= 4 is 49.1 Å². The first kappa shape index (κ1) is 21.6. The fourth-order valence-corrected chi connectivity index (χ4v) is 5.19. The summed E-state index contributed by atoms with van der Waals surface area (Å²) in [5, 5.41) is 3.08. The maximum absolute atomic E-state index is 13.3. The van der Waals surface area contributed by atoms with Crippen LogP contribution in [0.25, 0.3) is 16.9 Å². The molecule has 1 N–H and O–H groups in total. The van der Waals surface area contributed by atoms with E-state index < -0.39 is 0 Å². The van der Waals surface area contributed by atoms with Gasteiger partial charge >= 0.3 is 0 Å². The lowest BCUT2D eigenvalue weighted by Crippen LogP contribution is -2.22. The number of amides is 1. The minimum absolute atomic E-state index is 0.0679. The van der Waals surface area contributed by atoms with Crippen LogP contribution in [0, 0.1) is 0 Å². The van der Waals surface area contributed by atoms with E-state index in [-0.39, 0.29) is 11.8 Å². The van der Waals surface area contributed by atoms with Crippen LogP contribution in [0.1, 0.15) is 17.0 Å². The molecule has 0 fully saturated rings. The summed E-state index contributed by atoms with van der Waals surface area (Å²) in [4.78, 5) is 18.0. The van der Waals surface area contributed by atoms with E-state index in [1.165, 1.54) is 0 Å². The Bertz CT molecular complexity index is 1380. The lowest BCUT2D eigenvalue weighted by atomic mass is 9.90. The molecule has 0 saturated heterocycles. The van der Waals surface area contributed by atoms with Crippen LogP contribution < -0.4 is 5.32 Å². The fourth-order valence-electron chi connectivity index (χ4n) is 3.89. The number of carbonyl (C=O) groups is 1.